The van der Waals surface area contributed by atoms with Gasteiger partial charge in [-0.05, 0) is 0 Å². The molecule has 2 unspecified atom stereocenters. The number of hydrogen-bond acceptors (Lipinski definition) is 2. The SMILES string of the molecule is [NH]CC1CN2C(=O)CC2O1. The summed E-state index contributed by atoms with van der Waals surface area (Å²) in [7, 11) is 0. The first kappa shape index (κ1) is 6.12. The van der Waals surface area contributed by atoms with E-state index in [4.69, 9.17) is 10.5 Å². The van der Waals surface area contributed by atoms with Gasteiger partial charge < -0.3 is 9.64 Å². The van der Waals surface area contributed by atoms with Crippen molar-refractivity contribution in [3.63, 3.8) is 0 Å². The van der Waals surface area contributed by atoms with Gasteiger partial charge in [-0.15, -0.1) is 0 Å². The minimum Gasteiger partial charge on any atom is -0.351 e. The van der Waals surface area contributed by atoms with Crippen molar-refractivity contribution in [2.75, 3.05) is 13.1 Å². The molecule has 1 amide bonds. The maximum absolute atomic E-state index is 10.8. The molecule has 0 aromatic carbocycles. The Morgan fingerprint density at radius 2 is 2.60 bits per heavy atom. The zero-order valence-corrected chi connectivity index (χ0v) is 5.54. The zero-order valence-electron chi connectivity index (χ0n) is 5.54. The second-order valence-corrected chi connectivity index (χ2v) is 2.67. The van der Waals surface area contributed by atoms with Crippen LogP contribution in [0.3, 0.4) is 0 Å². The van der Waals surface area contributed by atoms with Crippen LogP contribution in [-0.2, 0) is 9.53 Å². The van der Waals surface area contributed by atoms with Crippen molar-refractivity contribution in [3.8, 4) is 0 Å². The predicted octanol–water partition coefficient (Wildman–Crippen LogP) is -0.774. The van der Waals surface area contributed by atoms with Crippen LogP contribution >= 0.6 is 0 Å². The fourth-order valence-corrected chi connectivity index (χ4v) is 1.36. The Labute approximate surface area is 58.9 Å². The molecule has 55 valence electrons. The van der Waals surface area contributed by atoms with Crippen LogP contribution < -0.4 is 5.73 Å². The van der Waals surface area contributed by atoms with Gasteiger partial charge in [-0.3, -0.25) is 10.5 Å². The first-order valence-corrected chi connectivity index (χ1v) is 3.41. The maximum Gasteiger partial charge on any atom is 0.229 e. The standard InChI is InChI=1S/C6H9N2O2/c7-2-4-3-8-5(9)1-6(8)10-4/h4,6-7H,1-3H2. The summed E-state index contributed by atoms with van der Waals surface area (Å²) in [6.07, 6.45) is 0.510. The molecule has 2 aliphatic heterocycles. The summed E-state index contributed by atoms with van der Waals surface area (Å²) in [6, 6.07) is 0. The fraction of sp³-hybridized carbons (Fsp3) is 0.833. The van der Waals surface area contributed by atoms with Crippen molar-refractivity contribution >= 4 is 5.91 Å². The lowest BCUT2D eigenvalue weighted by molar-refractivity contribution is -0.156. The van der Waals surface area contributed by atoms with Gasteiger partial charge in [0.2, 0.25) is 5.91 Å². The van der Waals surface area contributed by atoms with E-state index >= 15 is 0 Å². The molecule has 10 heavy (non-hydrogen) atoms. The first-order valence-electron chi connectivity index (χ1n) is 3.41. The van der Waals surface area contributed by atoms with Gasteiger partial charge in [-0.2, -0.15) is 0 Å². The zero-order chi connectivity index (χ0) is 7.14. The highest BCUT2D eigenvalue weighted by molar-refractivity contribution is 5.82. The van der Waals surface area contributed by atoms with Crippen LogP contribution in [-0.4, -0.2) is 36.2 Å². The fourth-order valence-electron chi connectivity index (χ4n) is 1.36. The number of β-lactam (4-membered cyclic amide) rings is 1. The first-order chi connectivity index (χ1) is 4.81. The number of hydrogen-bond donors (Lipinski definition) is 0. The van der Waals surface area contributed by atoms with Crippen molar-refractivity contribution in [1.29, 1.82) is 0 Å². The number of nitrogens with one attached hydrogen (secondary N) is 1. The molecule has 0 bridgehead atoms. The lowest BCUT2D eigenvalue weighted by Gasteiger charge is -2.31. The largest absolute Gasteiger partial charge is 0.351 e. The highest BCUT2D eigenvalue weighted by atomic mass is 16.5. The molecule has 2 fully saturated rings. The quantitative estimate of drug-likeness (QED) is 0.450. The second kappa shape index (κ2) is 1.93. The van der Waals surface area contributed by atoms with Crippen molar-refractivity contribution < 1.29 is 9.53 Å². The second-order valence-electron chi connectivity index (χ2n) is 2.67. The molecule has 1 N–H and O–H groups in total. The van der Waals surface area contributed by atoms with Gasteiger partial charge in [0, 0.05) is 6.54 Å². The van der Waals surface area contributed by atoms with E-state index in [1.807, 2.05) is 0 Å². The summed E-state index contributed by atoms with van der Waals surface area (Å²) in [5.41, 5.74) is 7.01. The third-order valence-electron chi connectivity index (χ3n) is 1.99. The Morgan fingerprint density at radius 3 is 3.10 bits per heavy atom. The van der Waals surface area contributed by atoms with Crippen LogP contribution in [0.15, 0.2) is 0 Å². The minimum atomic E-state index is -0.0311. The Bertz CT molecular complexity index is 171. The molecule has 2 rings (SSSR count). The highest BCUT2D eigenvalue weighted by Gasteiger charge is 2.44. The number of rotatable bonds is 1. The monoisotopic (exact) mass is 141 g/mol. The highest BCUT2D eigenvalue weighted by Crippen LogP contribution is 2.27. The molecule has 2 saturated heterocycles. The summed E-state index contributed by atoms with van der Waals surface area (Å²) >= 11 is 0. The average Bonchev–Trinajstić information content (AvgIpc) is 2.26. The van der Waals surface area contributed by atoms with Gasteiger partial charge in [0.15, 0.2) is 0 Å². The van der Waals surface area contributed by atoms with Crippen molar-refractivity contribution in [1.82, 2.24) is 10.6 Å². The van der Waals surface area contributed by atoms with Crippen LogP contribution in [0.5, 0.6) is 0 Å². The van der Waals surface area contributed by atoms with Gasteiger partial charge in [0.1, 0.15) is 6.23 Å². The van der Waals surface area contributed by atoms with E-state index in [9.17, 15) is 4.79 Å². The van der Waals surface area contributed by atoms with E-state index in [-0.39, 0.29) is 24.8 Å². The Morgan fingerprint density at radius 1 is 1.80 bits per heavy atom. The summed E-state index contributed by atoms with van der Waals surface area (Å²) in [6.45, 7) is 0.896. The molecule has 2 atom stereocenters. The van der Waals surface area contributed by atoms with E-state index in [2.05, 4.69) is 0 Å². The summed E-state index contributed by atoms with van der Waals surface area (Å²) in [5.74, 6) is 0.168. The normalized spacial score (nSPS) is 37.7. The van der Waals surface area contributed by atoms with E-state index < -0.39 is 0 Å². The lowest BCUT2D eigenvalue weighted by atomic mass is 10.2. The Balaban J connectivity index is 1.99. The molecule has 0 aromatic heterocycles. The van der Waals surface area contributed by atoms with Gasteiger partial charge in [-0.25, -0.2) is 0 Å². The van der Waals surface area contributed by atoms with E-state index in [0.29, 0.717) is 13.0 Å². The topological polar surface area (TPSA) is 53.3 Å². The molecule has 2 heterocycles. The van der Waals surface area contributed by atoms with Crippen LogP contribution in [0.4, 0.5) is 0 Å². The van der Waals surface area contributed by atoms with Gasteiger partial charge in [0.25, 0.3) is 0 Å². The number of ether oxygens (including phenoxy) is 1. The lowest BCUT2D eigenvalue weighted by Crippen LogP contribution is -2.48. The molecular weight excluding hydrogens is 132 g/mol. The molecule has 0 aliphatic carbocycles. The Kier molecular flexibility index (Phi) is 1.18. The molecule has 0 aromatic rings. The van der Waals surface area contributed by atoms with E-state index in [1.165, 1.54) is 0 Å². The number of carbonyl (C=O) groups excluding carboxylic acids is 1. The van der Waals surface area contributed by atoms with Crippen molar-refractivity contribution in [2.45, 2.75) is 18.8 Å². The molecule has 1 radical (unpaired) electrons. The summed E-state index contributed by atoms with van der Waals surface area (Å²) < 4.78 is 5.30. The van der Waals surface area contributed by atoms with Crippen molar-refractivity contribution in [3.05, 3.63) is 0 Å². The number of carbonyl (C=O) groups is 1. The third-order valence-corrected chi connectivity index (χ3v) is 1.99. The molecule has 4 heteroatoms. The molecule has 0 saturated carbocycles. The maximum atomic E-state index is 10.8. The van der Waals surface area contributed by atoms with Gasteiger partial charge in [0.05, 0.1) is 19.1 Å². The van der Waals surface area contributed by atoms with Crippen LogP contribution in [0.1, 0.15) is 6.42 Å². The number of amides is 1. The summed E-state index contributed by atoms with van der Waals surface area (Å²) in [4.78, 5) is 12.5. The van der Waals surface area contributed by atoms with Crippen LogP contribution in [0.25, 0.3) is 0 Å². The van der Waals surface area contributed by atoms with Crippen molar-refractivity contribution in [2.24, 2.45) is 0 Å². The number of fused-ring (bicyclic) bond motifs is 1. The Hall–Kier alpha value is -0.610. The minimum absolute atomic E-state index is 0.0165. The number of nitrogens with zero attached hydrogens (tertiary/aromatic N) is 1. The summed E-state index contributed by atoms with van der Waals surface area (Å²) in [5, 5.41) is 0. The van der Waals surface area contributed by atoms with Gasteiger partial charge >= 0.3 is 0 Å². The third kappa shape index (κ3) is 0.660. The van der Waals surface area contributed by atoms with E-state index in [0.717, 1.165) is 0 Å². The molecule has 0 spiro atoms. The van der Waals surface area contributed by atoms with Gasteiger partial charge in [-0.1, -0.05) is 0 Å². The van der Waals surface area contributed by atoms with Crippen LogP contribution in [0, 0.1) is 0 Å². The van der Waals surface area contributed by atoms with Crippen LogP contribution in [0.2, 0.25) is 0 Å². The molecule has 4 nitrogen and oxygen atoms in total. The molecular formula is C6H9N2O2. The smallest absolute Gasteiger partial charge is 0.229 e. The average molecular weight is 141 g/mol. The van der Waals surface area contributed by atoms with E-state index in [1.54, 1.807) is 4.90 Å². The molecule has 2 aliphatic rings. The predicted molar refractivity (Wildman–Crippen MR) is 33.0 cm³/mol.